The van der Waals surface area contributed by atoms with Crippen LogP contribution in [0.1, 0.15) is 48.0 Å². The first-order valence-corrected chi connectivity index (χ1v) is 6.58. The molecule has 0 saturated carbocycles. The zero-order chi connectivity index (χ0) is 14.9. The van der Waals surface area contributed by atoms with Crippen molar-refractivity contribution < 1.29 is 19.2 Å². The van der Waals surface area contributed by atoms with E-state index >= 15 is 0 Å². The van der Waals surface area contributed by atoms with Gasteiger partial charge in [-0.25, -0.2) is 0 Å². The number of hydrogen-bond acceptors (Lipinski definition) is 4. The number of rotatable bonds is 4. The summed E-state index contributed by atoms with van der Waals surface area (Å²) in [5.41, 5.74) is 0.995. The van der Waals surface area contributed by atoms with Crippen LogP contribution in [-0.4, -0.2) is 28.2 Å². The monoisotopic (exact) mass is 278 g/mol. The van der Waals surface area contributed by atoms with E-state index < -0.39 is 11.9 Å². The summed E-state index contributed by atoms with van der Waals surface area (Å²) in [6.45, 7) is 5.56. The molecule has 0 radical (unpaired) electrons. The number of carboxylic acid groups (broad SMARTS) is 1. The van der Waals surface area contributed by atoms with Crippen molar-refractivity contribution in [1.82, 2.24) is 10.5 Å². The van der Waals surface area contributed by atoms with Gasteiger partial charge < -0.3 is 14.9 Å². The molecule has 0 bridgehead atoms. The Kier molecular flexibility index (Phi) is 3.92. The van der Waals surface area contributed by atoms with Crippen molar-refractivity contribution in [2.24, 2.45) is 5.92 Å². The first-order valence-electron chi connectivity index (χ1n) is 6.58. The highest BCUT2D eigenvalue weighted by molar-refractivity contribution is 5.96. The highest BCUT2D eigenvalue weighted by Crippen LogP contribution is 2.23. The van der Waals surface area contributed by atoms with E-state index in [1.807, 2.05) is 13.8 Å². The van der Waals surface area contributed by atoms with Gasteiger partial charge in [-0.3, -0.25) is 9.59 Å². The molecular weight excluding hydrogens is 260 g/mol. The molecule has 6 heteroatoms. The van der Waals surface area contributed by atoms with E-state index in [0.29, 0.717) is 23.4 Å². The molecule has 108 valence electrons. The number of carbonyl (C=O) groups excluding carboxylic acids is 1. The van der Waals surface area contributed by atoms with Crippen molar-refractivity contribution in [2.75, 3.05) is 0 Å². The van der Waals surface area contributed by atoms with Gasteiger partial charge in [0.25, 0.3) is 5.91 Å². The molecule has 0 aliphatic heterocycles. The Hall–Kier alpha value is -2.11. The Bertz CT molecular complexity index is 560. The number of aryl methyl sites for hydroxylation is 1. The van der Waals surface area contributed by atoms with Gasteiger partial charge in [0.15, 0.2) is 5.76 Å². The molecule has 0 saturated heterocycles. The topological polar surface area (TPSA) is 92.4 Å². The smallest absolute Gasteiger partial charge is 0.310 e. The van der Waals surface area contributed by atoms with E-state index in [0.717, 1.165) is 0 Å². The second-order valence-electron chi connectivity index (χ2n) is 5.31. The molecule has 1 aliphatic rings. The third-order valence-electron chi connectivity index (χ3n) is 3.36. The zero-order valence-corrected chi connectivity index (χ0v) is 11.7. The Morgan fingerprint density at radius 1 is 1.45 bits per heavy atom. The lowest BCUT2D eigenvalue weighted by Crippen LogP contribution is -2.34. The largest absolute Gasteiger partial charge is 0.481 e. The molecule has 20 heavy (non-hydrogen) atoms. The number of amides is 1. The number of hydrogen-bond donors (Lipinski definition) is 2. The molecule has 0 spiro atoms. The summed E-state index contributed by atoms with van der Waals surface area (Å²) in [6, 6.07) is -0.266. The fourth-order valence-corrected chi connectivity index (χ4v) is 2.29. The summed E-state index contributed by atoms with van der Waals surface area (Å²) < 4.78 is 5.18. The number of aliphatic carboxylic acids is 1. The van der Waals surface area contributed by atoms with Crippen molar-refractivity contribution in [1.29, 1.82) is 0 Å². The van der Waals surface area contributed by atoms with Crippen molar-refractivity contribution in [2.45, 2.75) is 39.2 Å². The van der Waals surface area contributed by atoms with Gasteiger partial charge in [0.1, 0.15) is 5.56 Å². The highest BCUT2D eigenvalue weighted by atomic mass is 16.5. The number of carboxylic acids is 1. The average molecular weight is 278 g/mol. The summed E-state index contributed by atoms with van der Waals surface area (Å²) in [5.74, 6) is -1.07. The van der Waals surface area contributed by atoms with E-state index in [9.17, 15) is 9.59 Å². The van der Waals surface area contributed by atoms with E-state index in [-0.39, 0.29) is 17.9 Å². The third-order valence-corrected chi connectivity index (χ3v) is 3.36. The lowest BCUT2D eigenvalue weighted by atomic mass is 10.0. The summed E-state index contributed by atoms with van der Waals surface area (Å²) in [4.78, 5) is 23.2. The Morgan fingerprint density at radius 2 is 2.15 bits per heavy atom. The SMILES string of the molecule is Cc1noc(C(C)C)c1C(=O)NC1C=CC(C(=O)O)C1. The van der Waals surface area contributed by atoms with Gasteiger partial charge in [-0.1, -0.05) is 31.2 Å². The normalized spacial score (nSPS) is 21.4. The summed E-state index contributed by atoms with van der Waals surface area (Å²) in [6.07, 6.45) is 3.70. The molecule has 1 amide bonds. The molecule has 2 rings (SSSR count). The summed E-state index contributed by atoms with van der Waals surface area (Å²) >= 11 is 0. The Labute approximate surface area is 116 Å². The summed E-state index contributed by atoms with van der Waals surface area (Å²) in [7, 11) is 0. The first-order chi connectivity index (χ1) is 9.40. The molecule has 1 heterocycles. The fraction of sp³-hybridized carbons (Fsp3) is 0.500. The standard InChI is InChI=1S/C14H18N2O4/c1-7(2)12-11(8(3)16-20-12)13(17)15-10-5-4-9(6-10)14(18)19/h4-5,7,9-10H,6H2,1-3H3,(H,15,17)(H,18,19). The molecule has 2 N–H and O–H groups in total. The van der Waals surface area contributed by atoms with Gasteiger partial charge in [0.05, 0.1) is 11.6 Å². The van der Waals surface area contributed by atoms with E-state index in [2.05, 4.69) is 10.5 Å². The number of carbonyl (C=O) groups is 2. The van der Waals surface area contributed by atoms with Crippen LogP contribution >= 0.6 is 0 Å². The van der Waals surface area contributed by atoms with E-state index in [4.69, 9.17) is 9.63 Å². The maximum absolute atomic E-state index is 12.3. The van der Waals surface area contributed by atoms with E-state index in [1.54, 1.807) is 19.1 Å². The molecule has 6 nitrogen and oxygen atoms in total. The van der Waals surface area contributed by atoms with Crippen LogP contribution in [0.5, 0.6) is 0 Å². The molecule has 2 unspecified atom stereocenters. The molecule has 2 atom stereocenters. The van der Waals surface area contributed by atoms with Gasteiger partial charge in [-0.15, -0.1) is 0 Å². The van der Waals surface area contributed by atoms with E-state index in [1.165, 1.54) is 0 Å². The van der Waals surface area contributed by atoms with Crippen LogP contribution in [0, 0.1) is 12.8 Å². The fourth-order valence-electron chi connectivity index (χ4n) is 2.29. The van der Waals surface area contributed by atoms with Gasteiger partial charge >= 0.3 is 5.97 Å². The van der Waals surface area contributed by atoms with Crippen molar-refractivity contribution in [3.8, 4) is 0 Å². The van der Waals surface area contributed by atoms with Crippen LogP contribution in [0.4, 0.5) is 0 Å². The van der Waals surface area contributed by atoms with Crippen LogP contribution in [0.3, 0.4) is 0 Å². The molecule has 1 aromatic rings. The highest BCUT2D eigenvalue weighted by Gasteiger charge is 2.28. The van der Waals surface area contributed by atoms with Crippen LogP contribution in [-0.2, 0) is 4.79 Å². The van der Waals surface area contributed by atoms with Crippen molar-refractivity contribution in [3.05, 3.63) is 29.2 Å². The van der Waals surface area contributed by atoms with Crippen LogP contribution in [0.25, 0.3) is 0 Å². The molecule has 0 fully saturated rings. The Morgan fingerprint density at radius 3 is 2.70 bits per heavy atom. The molecule has 1 aromatic heterocycles. The van der Waals surface area contributed by atoms with Gasteiger partial charge in [-0.2, -0.15) is 0 Å². The quantitative estimate of drug-likeness (QED) is 0.820. The molecule has 0 aromatic carbocycles. The minimum absolute atomic E-state index is 0.0582. The van der Waals surface area contributed by atoms with Gasteiger partial charge in [0, 0.05) is 12.0 Å². The lowest BCUT2D eigenvalue weighted by Gasteiger charge is -2.12. The second-order valence-corrected chi connectivity index (χ2v) is 5.31. The number of nitrogens with one attached hydrogen (secondary N) is 1. The Balaban J connectivity index is 2.09. The van der Waals surface area contributed by atoms with Crippen LogP contribution in [0.2, 0.25) is 0 Å². The zero-order valence-electron chi connectivity index (χ0n) is 11.7. The number of nitrogens with zero attached hydrogens (tertiary/aromatic N) is 1. The van der Waals surface area contributed by atoms with Crippen molar-refractivity contribution in [3.63, 3.8) is 0 Å². The van der Waals surface area contributed by atoms with Crippen molar-refractivity contribution >= 4 is 11.9 Å². The van der Waals surface area contributed by atoms with Gasteiger partial charge in [-0.05, 0) is 13.3 Å². The molecule has 1 aliphatic carbocycles. The maximum atomic E-state index is 12.3. The molecular formula is C14H18N2O4. The maximum Gasteiger partial charge on any atom is 0.310 e. The minimum atomic E-state index is -0.873. The first kappa shape index (κ1) is 14.3. The third kappa shape index (κ3) is 2.74. The predicted molar refractivity (Wildman–Crippen MR) is 71.5 cm³/mol. The van der Waals surface area contributed by atoms with Gasteiger partial charge in [0.2, 0.25) is 0 Å². The average Bonchev–Trinajstić information content (AvgIpc) is 2.95. The lowest BCUT2D eigenvalue weighted by molar-refractivity contribution is -0.140. The minimum Gasteiger partial charge on any atom is -0.481 e. The number of aromatic nitrogens is 1. The summed E-state index contributed by atoms with van der Waals surface area (Å²) in [5, 5.41) is 15.6. The van der Waals surface area contributed by atoms with Crippen LogP contribution in [0.15, 0.2) is 16.7 Å². The second kappa shape index (κ2) is 5.48. The van der Waals surface area contributed by atoms with Crippen LogP contribution < -0.4 is 5.32 Å². The predicted octanol–water partition coefficient (Wildman–Crippen LogP) is 1.87.